The van der Waals surface area contributed by atoms with Gasteiger partial charge < -0.3 is 14.7 Å². The highest BCUT2D eigenvalue weighted by Gasteiger charge is 2.44. The number of piperidine rings is 1. The smallest absolute Gasteiger partial charge is 0.251 e. The van der Waals surface area contributed by atoms with Gasteiger partial charge in [-0.15, -0.1) is 22.9 Å². The van der Waals surface area contributed by atoms with E-state index < -0.39 is 15.6 Å². The number of carbonyl (C=O) groups is 2. The fraction of sp³-hybridized carbons (Fsp3) is 0.630. The Morgan fingerprint density at radius 2 is 1.95 bits per heavy atom. The highest BCUT2D eigenvalue weighted by atomic mass is 35.5. The lowest BCUT2D eigenvalue weighted by Crippen LogP contribution is -2.62. The molecule has 4 aliphatic rings. The van der Waals surface area contributed by atoms with Crippen LogP contribution in [0.5, 0.6) is 0 Å². The summed E-state index contributed by atoms with van der Waals surface area (Å²) in [5, 5.41) is -0.112. The van der Waals surface area contributed by atoms with E-state index >= 15 is 0 Å². The normalized spacial score (nSPS) is 28.8. The van der Waals surface area contributed by atoms with Gasteiger partial charge in [0.05, 0.1) is 11.9 Å². The van der Waals surface area contributed by atoms with Gasteiger partial charge in [0.2, 0.25) is 11.8 Å². The maximum absolute atomic E-state index is 13.5. The molecule has 0 saturated carbocycles. The van der Waals surface area contributed by atoms with Crippen LogP contribution in [0.3, 0.4) is 0 Å². The summed E-state index contributed by atoms with van der Waals surface area (Å²) in [4.78, 5) is 33.6. The first-order valence-corrected chi connectivity index (χ1v) is 16.3. The van der Waals surface area contributed by atoms with E-state index in [1.54, 1.807) is 24.0 Å². The molecule has 11 heteroatoms. The third-order valence-electron chi connectivity index (χ3n) is 8.11. The van der Waals surface area contributed by atoms with E-state index in [4.69, 9.17) is 11.6 Å². The van der Waals surface area contributed by atoms with Crippen molar-refractivity contribution in [3.63, 3.8) is 0 Å². The molecule has 2 amide bonds. The van der Waals surface area contributed by atoms with E-state index in [0.717, 1.165) is 49.5 Å². The molecule has 8 nitrogen and oxygen atoms in total. The number of rotatable bonds is 8. The molecule has 0 radical (unpaired) electrons. The highest BCUT2D eigenvalue weighted by molar-refractivity contribution is 7.91. The average Bonchev–Trinajstić information content (AvgIpc) is 3.64. The summed E-state index contributed by atoms with van der Waals surface area (Å²) in [6.45, 7) is 5.90. The van der Waals surface area contributed by atoms with Crippen LogP contribution in [0.2, 0.25) is 0 Å². The van der Waals surface area contributed by atoms with Crippen LogP contribution in [0.1, 0.15) is 56.7 Å². The number of halogens is 1. The Morgan fingerprint density at radius 3 is 2.71 bits per heavy atom. The average molecular weight is 581 g/mol. The third-order valence-corrected chi connectivity index (χ3v) is 11.7. The molecule has 1 aromatic rings. The van der Waals surface area contributed by atoms with Crippen molar-refractivity contribution in [2.75, 3.05) is 39.3 Å². The number of hydrogen-bond acceptors (Lipinski definition) is 6. The number of allylic oxidation sites excluding steroid dienone is 4. The van der Waals surface area contributed by atoms with Crippen LogP contribution < -0.4 is 4.72 Å². The fourth-order valence-electron chi connectivity index (χ4n) is 6.10. The minimum Gasteiger partial charge on any atom is -0.337 e. The molecule has 3 atom stereocenters. The maximum Gasteiger partial charge on any atom is 0.251 e. The molecule has 1 aliphatic carbocycles. The molecule has 0 spiro atoms. The molecule has 38 heavy (non-hydrogen) atoms. The summed E-state index contributed by atoms with van der Waals surface area (Å²) in [5.74, 6) is -0.375. The van der Waals surface area contributed by atoms with Gasteiger partial charge in [0.25, 0.3) is 10.0 Å². The number of hydrogen-bond donors (Lipinski definition) is 1. The lowest BCUT2D eigenvalue weighted by atomic mass is 9.91. The third kappa shape index (κ3) is 6.04. The molecule has 4 heterocycles. The van der Waals surface area contributed by atoms with Crippen molar-refractivity contribution in [3.05, 3.63) is 35.2 Å². The lowest BCUT2D eigenvalue weighted by Gasteiger charge is -2.40. The zero-order chi connectivity index (χ0) is 26.9. The van der Waals surface area contributed by atoms with Gasteiger partial charge in [0.15, 0.2) is 0 Å². The fourth-order valence-corrected chi connectivity index (χ4v) is 9.09. The Kier molecular flexibility index (Phi) is 8.36. The molecule has 1 unspecified atom stereocenters. The van der Waals surface area contributed by atoms with Crippen LogP contribution in [0.15, 0.2) is 34.6 Å². The number of sulfonamides is 1. The summed E-state index contributed by atoms with van der Waals surface area (Å²) in [6.07, 6.45) is 11.8. The Balaban J connectivity index is 1.23. The molecular formula is C27H37ClN4O4S2. The van der Waals surface area contributed by atoms with Crippen LogP contribution in [0.25, 0.3) is 5.57 Å². The Hall–Kier alpha value is -1.72. The molecule has 208 valence electrons. The number of carbonyl (C=O) groups excluding carboxylic acids is 2. The monoisotopic (exact) mass is 580 g/mol. The second-order valence-corrected chi connectivity index (χ2v) is 14.6. The van der Waals surface area contributed by atoms with Crippen molar-refractivity contribution >= 4 is 50.3 Å². The largest absolute Gasteiger partial charge is 0.337 e. The van der Waals surface area contributed by atoms with Gasteiger partial charge in [-0.2, -0.15) is 4.72 Å². The summed E-state index contributed by atoms with van der Waals surface area (Å²) < 4.78 is 29.6. The van der Waals surface area contributed by atoms with Crippen molar-refractivity contribution in [3.8, 4) is 0 Å². The van der Waals surface area contributed by atoms with E-state index in [1.165, 1.54) is 24.2 Å². The van der Waals surface area contributed by atoms with Crippen molar-refractivity contribution < 1.29 is 18.0 Å². The predicted octanol–water partition coefficient (Wildman–Crippen LogP) is 3.45. The topological polar surface area (TPSA) is 90.0 Å². The van der Waals surface area contributed by atoms with Crippen molar-refractivity contribution in [1.29, 1.82) is 0 Å². The molecule has 1 N–H and O–H groups in total. The Morgan fingerprint density at radius 1 is 1.16 bits per heavy atom. The van der Waals surface area contributed by atoms with E-state index in [0.29, 0.717) is 25.8 Å². The molecule has 0 aromatic carbocycles. The quantitative estimate of drug-likeness (QED) is 0.476. The number of alkyl halides is 1. The zero-order valence-corrected chi connectivity index (χ0v) is 24.3. The Bertz CT molecular complexity index is 1220. The zero-order valence-electron chi connectivity index (χ0n) is 21.9. The van der Waals surface area contributed by atoms with Gasteiger partial charge in [0, 0.05) is 30.6 Å². The molecule has 5 rings (SSSR count). The first-order chi connectivity index (χ1) is 18.1. The molecule has 0 bridgehead atoms. The second kappa shape index (κ2) is 11.4. The SMILES string of the molecule is C[C@]1(NS(=O)(=O)c2ccc(C3=CC=CC(Cl)C3)s2)CCCN(CC(=O)N2CCC[C@H]2CN2CCCC2)C1=O. The van der Waals surface area contributed by atoms with Gasteiger partial charge >= 0.3 is 0 Å². The number of amides is 2. The van der Waals surface area contributed by atoms with Crippen molar-refractivity contribution in [2.45, 2.75) is 73.0 Å². The number of nitrogens with zero attached hydrogens (tertiary/aromatic N) is 3. The number of nitrogens with one attached hydrogen (secondary N) is 1. The Labute approximate surface area is 234 Å². The summed E-state index contributed by atoms with van der Waals surface area (Å²) in [6, 6.07) is 3.57. The molecule has 3 fully saturated rings. The molecular weight excluding hydrogens is 544 g/mol. The van der Waals surface area contributed by atoms with Crippen LogP contribution in [-0.2, 0) is 19.6 Å². The molecule has 1 aromatic heterocycles. The molecule has 3 aliphatic heterocycles. The minimum absolute atomic E-state index is 0.00291. The van der Waals surface area contributed by atoms with Crippen molar-refractivity contribution in [1.82, 2.24) is 19.4 Å². The van der Waals surface area contributed by atoms with Gasteiger partial charge in [-0.1, -0.05) is 18.2 Å². The predicted molar refractivity (Wildman–Crippen MR) is 151 cm³/mol. The van der Waals surface area contributed by atoms with Gasteiger partial charge in [-0.25, -0.2) is 8.42 Å². The number of thiophene rings is 1. The van der Waals surface area contributed by atoms with Gasteiger partial charge in [-0.05, 0) is 82.7 Å². The summed E-state index contributed by atoms with van der Waals surface area (Å²) in [7, 11) is -3.93. The van der Waals surface area contributed by atoms with Gasteiger partial charge in [0.1, 0.15) is 9.75 Å². The summed E-state index contributed by atoms with van der Waals surface area (Å²) >= 11 is 7.41. The lowest BCUT2D eigenvalue weighted by molar-refractivity contribution is -0.146. The highest BCUT2D eigenvalue weighted by Crippen LogP contribution is 2.34. The van der Waals surface area contributed by atoms with Crippen LogP contribution in [0.4, 0.5) is 0 Å². The van der Waals surface area contributed by atoms with Gasteiger partial charge in [-0.3, -0.25) is 9.59 Å². The second-order valence-electron chi connectivity index (χ2n) is 11.1. The first kappa shape index (κ1) is 27.8. The van der Waals surface area contributed by atoms with Crippen LogP contribution >= 0.6 is 22.9 Å². The number of likely N-dealkylation sites (tertiary alicyclic amines) is 3. The van der Waals surface area contributed by atoms with E-state index in [-0.39, 0.29) is 34.0 Å². The minimum atomic E-state index is -3.93. The van der Waals surface area contributed by atoms with E-state index in [1.807, 2.05) is 23.1 Å². The van der Waals surface area contributed by atoms with E-state index in [2.05, 4.69) is 9.62 Å². The van der Waals surface area contributed by atoms with Crippen LogP contribution in [-0.4, -0.2) is 91.2 Å². The molecule has 3 saturated heterocycles. The standard InChI is InChI=1S/C27H37ClN4O4S2/c1-27(29-38(35,36)25-11-10-23(37-25)20-7-4-8-21(28)17-20)12-6-15-31(26(27)34)19-24(33)32-16-5-9-22(32)18-30-13-2-3-14-30/h4,7-8,10-11,21-22,29H,2-3,5-6,9,12-19H2,1H3/t21?,22-,27-/m0/s1. The van der Waals surface area contributed by atoms with E-state index in [9.17, 15) is 18.0 Å². The van der Waals surface area contributed by atoms with Crippen LogP contribution in [0, 0.1) is 0 Å². The summed E-state index contributed by atoms with van der Waals surface area (Å²) in [5.41, 5.74) is -0.302. The van der Waals surface area contributed by atoms with Crippen molar-refractivity contribution in [2.24, 2.45) is 0 Å². The maximum atomic E-state index is 13.5. The first-order valence-electron chi connectivity index (χ1n) is 13.6.